The van der Waals surface area contributed by atoms with Gasteiger partial charge in [-0.3, -0.25) is 0 Å². The summed E-state index contributed by atoms with van der Waals surface area (Å²) in [6.07, 6.45) is 20.6. The molecule has 0 amide bonds. The summed E-state index contributed by atoms with van der Waals surface area (Å²) in [5.74, 6) is 3.81. The van der Waals surface area contributed by atoms with Crippen molar-refractivity contribution in [2.45, 2.75) is 84.5 Å². The second kappa shape index (κ2) is 10.5. The van der Waals surface area contributed by atoms with Crippen molar-refractivity contribution in [3.8, 4) is 0 Å². The third kappa shape index (κ3) is 6.07. The van der Waals surface area contributed by atoms with Gasteiger partial charge in [0.1, 0.15) is 0 Å². The molecule has 2 fully saturated rings. The van der Waals surface area contributed by atoms with E-state index in [0.717, 1.165) is 36.9 Å². The number of unbranched alkanes of at least 4 members (excludes halogenated alkanes) is 2. The van der Waals surface area contributed by atoms with Crippen LogP contribution in [-0.2, 0) is 4.74 Å². The van der Waals surface area contributed by atoms with E-state index in [4.69, 9.17) is 4.74 Å². The second-order valence-electron chi connectivity index (χ2n) is 7.69. The van der Waals surface area contributed by atoms with Crippen molar-refractivity contribution >= 4 is 0 Å². The smallest absolute Gasteiger partial charge is 0.0494 e. The van der Waals surface area contributed by atoms with Crippen LogP contribution < -0.4 is 0 Å². The maximum absolute atomic E-state index is 5.61. The Labute approximate surface area is 138 Å². The normalized spacial score (nSPS) is 33.4. The SMILES string of the molecule is CCCC/C=C/[C@H]1CC[C@H](C2CCC(COCC)CC2)CC1. The summed E-state index contributed by atoms with van der Waals surface area (Å²) >= 11 is 0. The van der Waals surface area contributed by atoms with Gasteiger partial charge in [-0.2, -0.15) is 0 Å². The molecular weight excluding hydrogens is 268 g/mol. The quantitative estimate of drug-likeness (QED) is 0.373. The van der Waals surface area contributed by atoms with E-state index in [1.54, 1.807) is 0 Å². The molecule has 0 spiro atoms. The predicted octanol–water partition coefficient (Wildman–Crippen LogP) is 6.38. The standard InChI is InChI=1S/C21H38O/c1-3-5-6-7-8-18-9-13-20(14-10-18)21-15-11-19(12-16-21)17-22-4-2/h7-8,18-21H,3-6,9-17H2,1-2H3/b8-7+/t18-,19?,20-,21?. The Morgan fingerprint density at radius 2 is 1.50 bits per heavy atom. The Balaban J connectivity index is 1.62. The van der Waals surface area contributed by atoms with E-state index in [1.165, 1.54) is 70.6 Å². The zero-order valence-corrected chi connectivity index (χ0v) is 15.1. The molecule has 1 nitrogen and oxygen atoms in total. The maximum Gasteiger partial charge on any atom is 0.0494 e. The van der Waals surface area contributed by atoms with Crippen molar-refractivity contribution in [3.63, 3.8) is 0 Å². The van der Waals surface area contributed by atoms with Gasteiger partial charge >= 0.3 is 0 Å². The van der Waals surface area contributed by atoms with Gasteiger partial charge in [0.2, 0.25) is 0 Å². The lowest BCUT2D eigenvalue weighted by Gasteiger charge is -2.37. The first kappa shape index (κ1) is 18.0. The molecule has 0 N–H and O–H groups in total. The van der Waals surface area contributed by atoms with Gasteiger partial charge in [0.05, 0.1) is 0 Å². The lowest BCUT2D eigenvalue weighted by molar-refractivity contribution is 0.0727. The van der Waals surface area contributed by atoms with Crippen molar-refractivity contribution in [1.82, 2.24) is 0 Å². The minimum Gasteiger partial charge on any atom is -0.381 e. The van der Waals surface area contributed by atoms with Gasteiger partial charge in [-0.05, 0) is 88.4 Å². The van der Waals surface area contributed by atoms with Crippen LogP contribution in [-0.4, -0.2) is 13.2 Å². The van der Waals surface area contributed by atoms with Crippen LogP contribution in [0.2, 0.25) is 0 Å². The van der Waals surface area contributed by atoms with Gasteiger partial charge in [-0.25, -0.2) is 0 Å². The third-order valence-corrected chi connectivity index (χ3v) is 6.06. The number of hydrogen-bond donors (Lipinski definition) is 0. The summed E-state index contributed by atoms with van der Waals surface area (Å²) in [6.45, 7) is 6.29. The molecule has 0 aliphatic heterocycles. The van der Waals surface area contributed by atoms with Crippen molar-refractivity contribution in [1.29, 1.82) is 0 Å². The summed E-state index contributed by atoms with van der Waals surface area (Å²) in [5.41, 5.74) is 0. The summed E-state index contributed by atoms with van der Waals surface area (Å²) in [4.78, 5) is 0. The zero-order valence-electron chi connectivity index (χ0n) is 15.1. The first-order chi connectivity index (χ1) is 10.8. The Kier molecular flexibility index (Phi) is 8.59. The molecule has 2 aliphatic carbocycles. The molecule has 0 aromatic carbocycles. The highest BCUT2D eigenvalue weighted by atomic mass is 16.5. The van der Waals surface area contributed by atoms with Crippen molar-refractivity contribution in [2.75, 3.05) is 13.2 Å². The summed E-state index contributed by atoms with van der Waals surface area (Å²) in [5, 5.41) is 0. The van der Waals surface area contributed by atoms with Gasteiger partial charge < -0.3 is 4.74 Å². The first-order valence-electron chi connectivity index (χ1n) is 10.1. The Hall–Kier alpha value is -0.300. The van der Waals surface area contributed by atoms with Gasteiger partial charge in [-0.15, -0.1) is 0 Å². The molecule has 22 heavy (non-hydrogen) atoms. The monoisotopic (exact) mass is 306 g/mol. The van der Waals surface area contributed by atoms with Crippen LogP contribution in [0.15, 0.2) is 12.2 Å². The zero-order chi connectivity index (χ0) is 15.6. The Morgan fingerprint density at radius 1 is 0.864 bits per heavy atom. The van der Waals surface area contributed by atoms with E-state index in [-0.39, 0.29) is 0 Å². The molecule has 0 heterocycles. The van der Waals surface area contributed by atoms with Gasteiger partial charge in [0, 0.05) is 13.2 Å². The van der Waals surface area contributed by atoms with Crippen LogP contribution in [0.3, 0.4) is 0 Å². The Bertz CT molecular complexity index is 293. The summed E-state index contributed by atoms with van der Waals surface area (Å²) in [7, 11) is 0. The van der Waals surface area contributed by atoms with Crippen LogP contribution >= 0.6 is 0 Å². The van der Waals surface area contributed by atoms with Gasteiger partial charge in [0.25, 0.3) is 0 Å². The molecule has 1 heteroatoms. The lowest BCUT2D eigenvalue weighted by atomic mass is 9.69. The molecule has 0 aromatic heterocycles. The topological polar surface area (TPSA) is 9.23 Å². The molecule has 0 bridgehead atoms. The maximum atomic E-state index is 5.61. The van der Waals surface area contributed by atoms with E-state index in [9.17, 15) is 0 Å². The number of hydrogen-bond acceptors (Lipinski definition) is 1. The van der Waals surface area contributed by atoms with E-state index >= 15 is 0 Å². The van der Waals surface area contributed by atoms with Crippen molar-refractivity contribution in [3.05, 3.63) is 12.2 Å². The second-order valence-corrected chi connectivity index (χ2v) is 7.69. The molecule has 0 saturated heterocycles. The van der Waals surface area contributed by atoms with E-state index in [2.05, 4.69) is 26.0 Å². The molecule has 2 aliphatic rings. The Morgan fingerprint density at radius 3 is 2.09 bits per heavy atom. The third-order valence-electron chi connectivity index (χ3n) is 6.06. The fourth-order valence-corrected chi connectivity index (χ4v) is 4.53. The summed E-state index contributed by atoms with van der Waals surface area (Å²) in [6, 6.07) is 0. The molecule has 0 unspecified atom stereocenters. The minimum atomic E-state index is 0.856. The van der Waals surface area contributed by atoms with Crippen LogP contribution in [0, 0.1) is 23.7 Å². The average molecular weight is 307 g/mol. The highest BCUT2D eigenvalue weighted by Crippen LogP contribution is 2.41. The van der Waals surface area contributed by atoms with Crippen LogP contribution in [0.25, 0.3) is 0 Å². The molecule has 128 valence electrons. The van der Waals surface area contributed by atoms with Gasteiger partial charge in [0.15, 0.2) is 0 Å². The highest BCUT2D eigenvalue weighted by Gasteiger charge is 2.30. The minimum absolute atomic E-state index is 0.856. The van der Waals surface area contributed by atoms with Crippen LogP contribution in [0.4, 0.5) is 0 Å². The average Bonchev–Trinajstić information content (AvgIpc) is 2.58. The van der Waals surface area contributed by atoms with E-state index < -0.39 is 0 Å². The van der Waals surface area contributed by atoms with Crippen molar-refractivity contribution < 1.29 is 4.74 Å². The molecular formula is C21H38O. The van der Waals surface area contributed by atoms with Gasteiger partial charge in [-0.1, -0.05) is 31.9 Å². The largest absolute Gasteiger partial charge is 0.381 e. The number of allylic oxidation sites excluding steroid dienone is 2. The highest BCUT2D eigenvalue weighted by molar-refractivity contribution is 4.92. The molecule has 0 atom stereocenters. The fourth-order valence-electron chi connectivity index (χ4n) is 4.53. The van der Waals surface area contributed by atoms with E-state index in [0.29, 0.717) is 0 Å². The fraction of sp³-hybridized carbons (Fsp3) is 0.905. The van der Waals surface area contributed by atoms with Crippen LogP contribution in [0.1, 0.15) is 84.5 Å². The number of ether oxygens (including phenoxy) is 1. The molecule has 0 aromatic rings. The van der Waals surface area contributed by atoms with E-state index in [1.807, 2.05) is 0 Å². The van der Waals surface area contributed by atoms with Crippen LogP contribution in [0.5, 0.6) is 0 Å². The summed E-state index contributed by atoms with van der Waals surface area (Å²) < 4.78 is 5.61. The lowest BCUT2D eigenvalue weighted by Crippen LogP contribution is -2.26. The number of rotatable bonds is 8. The predicted molar refractivity (Wildman–Crippen MR) is 96.1 cm³/mol. The van der Waals surface area contributed by atoms with Crippen molar-refractivity contribution in [2.24, 2.45) is 23.7 Å². The molecule has 2 rings (SSSR count). The first-order valence-corrected chi connectivity index (χ1v) is 10.1. The molecule has 0 radical (unpaired) electrons. The molecule has 2 saturated carbocycles.